The van der Waals surface area contributed by atoms with Crippen LogP contribution in [0.2, 0.25) is 0 Å². The van der Waals surface area contributed by atoms with E-state index in [1.807, 2.05) is 0 Å². The van der Waals surface area contributed by atoms with Crippen LogP contribution in [0.15, 0.2) is 38.2 Å². The number of esters is 1. The number of benzene rings is 1. The number of aliphatic hydroxyl groups is 2. The van der Waals surface area contributed by atoms with Crippen molar-refractivity contribution in [3.63, 3.8) is 0 Å². The molecule has 19 heavy (non-hydrogen) atoms. The Labute approximate surface area is 134 Å². The van der Waals surface area contributed by atoms with Crippen LogP contribution < -0.4 is 4.74 Å². The number of halogens is 3. The highest BCUT2D eigenvalue weighted by Crippen LogP contribution is 2.39. The van der Waals surface area contributed by atoms with Crippen molar-refractivity contribution in [1.29, 1.82) is 0 Å². The molecule has 1 unspecified atom stereocenters. The van der Waals surface area contributed by atoms with E-state index in [2.05, 4.69) is 59.1 Å². The van der Waals surface area contributed by atoms with E-state index >= 15 is 0 Å². The molecule has 0 aromatic heterocycles. The Bertz CT molecular complexity index is 505. The molecule has 0 saturated heterocycles. The molecule has 0 amide bonds. The highest BCUT2D eigenvalue weighted by Gasteiger charge is 2.34. The first kappa shape index (κ1) is 16.6. The molecule has 0 aliphatic carbocycles. The third-order valence-electron chi connectivity index (χ3n) is 1.90. The summed E-state index contributed by atoms with van der Waals surface area (Å²) in [6, 6.07) is 3.17. The lowest BCUT2D eigenvalue weighted by Crippen LogP contribution is -2.44. The number of hydrogen-bond donors (Lipinski definition) is 2. The number of aliphatic hydroxyl groups excluding tert-OH is 1. The molecule has 1 aromatic carbocycles. The summed E-state index contributed by atoms with van der Waals surface area (Å²) in [7, 11) is 0. The summed E-state index contributed by atoms with van der Waals surface area (Å²) in [6.07, 6.45) is 0.844. The Morgan fingerprint density at radius 3 is 2.53 bits per heavy atom. The van der Waals surface area contributed by atoms with Crippen molar-refractivity contribution in [3.8, 4) is 5.75 Å². The van der Waals surface area contributed by atoms with Gasteiger partial charge in [-0.1, -0.05) is 6.58 Å². The van der Waals surface area contributed by atoms with E-state index in [1.54, 1.807) is 6.07 Å². The van der Waals surface area contributed by atoms with Gasteiger partial charge in [-0.3, -0.25) is 0 Å². The molecule has 0 spiro atoms. The standard InChI is InChI=1S/C11H9Br3O5/c1-2-8(16)19-11(17,5-15)18-7-4-3-6(12)9(13)10(7)14/h2-4,15,17H,1,5H2. The molecule has 5 nitrogen and oxygen atoms in total. The molecule has 1 atom stereocenters. The molecule has 0 radical (unpaired) electrons. The van der Waals surface area contributed by atoms with E-state index in [0.29, 0.717) is 8.95 Å². The monoisotopic (exact) mass is 458 g/mol. The van der Waals surface area contributed by atoms with Gasteiger partial charge in [0.05, 0.1) is 4.47 Å². The molecule has 1 aromatic rings. The number of hydrogen-bond acceptors (Lipinski definition) is 5. The van der Waals surface area contributed by atoms with Gasteiger partial charge in [-0.15, -0.1) is 0 Å². The summed E-state index contributed by atoms with van der Waals surface area (Å²) in [6.45, 7) is 2.25. The lowest BCUT2D eigenvalue weighted by Gasteiger charge is -2.26. The van der Waals surface area contributed by atoms with Crippen molar-refractivity contribution in [2.45, 2.75) is 5.97 Å². The van der Waals surface area contributed by atoms with Gasteiger partial charge in [0.15, 0.2) is 0 Å². The fourth-order valence-corrected chi connectivity index (χ4v) is 2.39. The molecule has 0 fully saturated rings. The molecule has 2 N–H and O–H groups in total. The predicted molar refractivity (Wildman–Crippen MR) is 78.5 cm³/mol. The maximum atomic E-state index is 11.1. The third-order valence-corrected chi connectivity index (χ3v) is 5.23. The van der Waals surface area contributed by atoms with E-state index in [1.165, 1.54) is 6.07 Å². The van der Waals surface area contributed by atoms with Gasteiger partial charge in [0.2, 0.25) is 0 Å². The largest absolute Gasteiger partial charge is 0.427 e. The second-order valence-corrected chi connectivity index (χ2v) is 5.71. The maximum Gasteiger partial charge on any atom is 0.396 e. The Balaban J connectivity index is 3.02. The SMILES string of the molecule is C=CC(=O)OC(O)(CO)Oc1ccc(Br)c(Br)c1Br. The summed E-state index contributed by atoms with van der Waals surface area (Å²) in [5.74, 6) is -3.24. The number of rotatable bonds is 5. The van der Waals surface area contributed by atoms with Crippen molar-refractivity contribution in [3.05, 3.63) is 38.2 Å². The van der Waals surface area contributed by atoms with Crippen LogP contribution in [0, 0.1) is 0 Å². The Morgan fingerprint density at radius 2 is 2.00 bits per heavy atom. The first-order valence-electron chi connectivity index (χ1n) is 4.84. The van der Waals surface area contributed by atoms with Gasteiger partial charge in [0, 0.05) is 15.0 Å². The van der Waals surface area contributed by atoms with Gasteiger partial charge >= 0.3 is 11.9 Å². The maximum absolute atomic E-state index is 11.1. The van der Waals surface area contributed by atoms with Crippen molar-refractivity contribution in [2.75, 3.05) is 6.61 Å². The topological polar surface area (TPSA) is 76.0 Å². The molecule has 104 valence electrons. The number of ether oxygens (including phenoxy) is 2. The van der Waals surface area contributed by atoms with E-state index in [9.17, 15) is 9.90 Å². The van der Waals surface area contributed by atoms with Crippen molar-refractivity contribution in [2.24, 2.45) is 0 Å². The van der Waals surface area contributed by atoms with Crippen LogP contribution in [0.4, 0.5) is 0 Å². The van der Waals surface area contributed by atoms with E-state index < -0.39 is 18.5 Å². The fourth-order valence-electron chi connectivity index (χ4n) is 1.04. The lowest BCUT2D eigenvalue weighted by molar-refractivity contribution is -0.313. The van der Waals surface area contributed by atoms with Crippen LogP contribution in [0.5, 0.6) is 5.75 Å². The van der Waals surface area contributed by atoms with Crippen molar-refractivity contribution in [1.82, 2.24) is 0 Å². The van der Waals surface area contributed by atoms with Crippen LogP contribution in [-0.4, -0.2) is 28.8 Å². The summed E-state index contributed by atoms with van der Waals surface area (Å²) in [5.41, 5.74) is 0. The van der Waals surface area contributed by atoms with Crippen LogP contribution in [0.25, 0.3) is 0 Å². The molecule has 0 heterocycles. The zero-order valence-electron chi connectivity index (χ0n) is 9.40. The van der Waals surface area contributed by atoms with Gasteiger partial charge in [-0.2, -0.15) is 0 Å². The highest BCUT2D eigenvalue weighted by molar-refractivity contribution is 9.14. The molecule has 0 aliphatic heterocycles. The molecular weight excluding hydrogens is 452 g/mol. The van der Waals surface area contributed by atoms with Crippen LogP contribution in [-0.2, 0) is 9.53 Å². The average molecular weight is 461 g/mol. The van der Waals surface area contributed by atoms with Crippen molar-refractivity contribution < 1.29 is 24.5 Å². The second-order valence-electron chi connectivity index (χ2n) is 3.27. The Hall–Kier alpha value is -0.410. The molecular formula is C11H9Br3O5. The summed E-state index contributed by atoms with van der Waals surface area (Å²) in [4.78, 5) is 11.1. The van der Waals surface area contributed by atoms with Gasteiger partial charge in [0.1, 0.15) is 12.4 Å². The van der Waals surface area contributed by atoms with E-state index in [-0.39, 0.29) is 5.75 Å². The predicted octanol–water partition coefficient (Wildman–Crippen LogP) is 2.72. The summed E-state index contributed by atoms with van der Waals surface area (Å²) < 4.78 is 11.5. The minimum atomic E-state index is -2.49. The lowest BCUT2D eigenvalue weighted by atomic mass is 10.3. The quantitative estimate of drug-likeness (QED) is 0.306. The smallest absolute Gasteiger partial charge is 0.396 e. The molecule has 8 heteroatoms. The van der Waals surface area contributed by atoms with Gasteiger partial charge in [0.25, 0.3) is 0 Å². The number of carbonyl (C=O) groups is 1. The average Bonchev–Trinajstić information content (AvgIpc) is 2.39. The first-order chi connectivity index (χ1) is 8.83. The number of carbonyl (C=O) groups excluding carboxylic acids is 1. The van der Waals surface area contributed by atoms with E-state index in [4.69, 9.17) is 9.84 Å². The molecule has 0 bridgehead atoms. The second kappa shape index (κ2) is 6.85. The minimum absolute atomic E-state index is 0.170. The fraction of sp³-hybridized carbons (Fsp3) is 0.182. The molecule has 1 rings (SSSR count). The zero-order chi connectivity index (χ0) is 14.6. The van der Waals surface area contributed by atoms with Crippen molar-refractivity contribution >= 4 is 53.8 Å². The highest BCUT2D eigenvalue weighted by atomic mass is 79.9. The van der Waals surface area contributed by atoms with Gasteiger partial charge < -0.3 is 19.7 Å². The van der Waals surface area contributed by atoms with E-state index in [0.717, 1.165) is 10.5 Å². The van der Waals surface area contributed by atoms with Gasteiger partial charge in [-0.25, -0.2) is 4.79 Å². The molecule has 0 aliphatic rings. The third kappa shape index (κ3) is 4.28. The Kier molecular flexibility index (Phi) is 6.00. The zero-order valence-corrected chi connectivity index (χ0v) is 14.2. The van der Waals surface area contributed by atoms with Crippen LogP contribution in [0.3, 0.4) is 0 Å². The normalized spacial score (nSPS) is 13.5. The first-order valence-corrected chi connectivity index (χ1v) is 7.22. The van der Waals surface area contributed by atoms with Gasteiger partial charge in [-0.05, 0) is 59.9 Å². The Morgan fingerprint density at radius 1 is 1.37 bits per heavy atom. The molecule has 0 saturated carbocycles. The minimum Gasteiger partial charge on any atom is -0.427 e. The summed E-state index contributed by atoms with van der Waals surface area (Å²) in [5, 5.41) is 18.9. The van der Waals surface area contributed by atoms with Crippen LogP contribution >= 0.6 is 47.8 Å². The summed E-state index contributed by atoms with van der Waals surface area (Å²) >= 11 is 9.81. The van der Waals surface area contributed by atoms with Crippen LogP contribution in [0.1, 0.15) is 0 Å².